The Labute approximate surface area is 98.1 Å². The number of ketones is 1. The molecule has 0 spiro atoms. The van der Waals surface area contributed by atoms with E-state index in [1.54, 1.807) is 12.3 Å². The fraction of sp³-hybridized carbons (Fsp3) is 0.0769. The van der Waals surface area contributed by atoms with Crippen LogP contribution in [-0.4, -0.2) is 10.8 Å². The predicted molar refractivity (Wildman–Crippen MR) is 63.2 cm³/mol. The number of nitrogens with zero attached hydrogens (tertiary/aromatic N) is 1. The first kappa shape index (κ1) is 11.3. The van der Waals surface area contributed by atoms with E-state index in [1.807, 2.05) is 6.92 Å². The number of nitrogen functional groups attached to an aromatic ring is 1. The molecule has 4 heteroatoms. The number of anilines is 1. The Hall–Kier alpha value is -2.23. The van der Waals surface area contributed by atoms with Crippen LogP contribution in [0.5, 0.6) is 0 Å². The molecular weight excluding hydrogens is 219 g/mol. The number of hydrogen-bond acceptors (Lipinski definition) is 3. The molecule has 0 saturated carbocycles. The lowest BCUT2D eigenvalue weighted by atomic mass is 10.0. The molecule has 2 rings (SSSR count). The topological polar surface area (TPSA) is 56.0 Å². The van der Waals surface area contributed by atoms with E-state index in [2.05, 4.69) is 4.98 Å². The Bertz CT molecular complexity index is 581. The zero-order chi connectivity index (χ0) is 12.4. The van der Waals surface area contributed by atoms with Crippen molar-refractivity contribution in [3.05, 3.63) is 59.2 Å². The van der Waals surface area contributed by atoms with E-state index in [0.29, 0.717) is 5.56 Å². The molecule has 0 saturated heterocycles. The van der Waals surface area contributed by atoms with Gasteiger partial charge in [0.05, 0.1) is 5.69 Å². The number of carbonyl (C=O) groups excluding carboxylic acids is 1. The number of carbonyl (C=O) groups is 1. The molecule has 3 nitrogen and oxygen atoms in total. The summed E-state index contributed by atoms with van der Waals surface area (Å²) in [6.45, 7) is 1.84. The summed E-state index contributed by atoms with van der Waals surface area (Å²) in [6.07, 6.45) is 3.12. The van der Waals surface area contributed by atoms with Crippen LogP contribution in [0.15, 0.2) is 36.7 Å². The highest BCUT2D eigenvalue weighted by Crippen LogP contribution is 2.15. The minimum atomic E-state index is -0.587. The SMILES string of the molecule is Cc1cncc(C(=O)c2ccc(N)c(F)c2)c1. The van der Waals surface area contributed by atoms with Crippen LogP contribution in [0.3, 0.4) is 0 Å². The number of rotatable bonds is 2. The highest BCUT2D eigenvalue weighted by atomic mass is 19.1. The summed E-state index contributed by atoms with van der Waals surface area (Å²) in [5, 5.41) is 0. The van der Waals surface area contributed by atoms with Gasteiger partial charge in [0.2, 0.25) is 0 Å². The van der Waals surface area contributed by atoms with Crippen molar-refractivity contribution in [3.8, 4) is 0 Å². The normalized spacial score (nSPS) is 10.2. The molecule has 1 heterocycles. The van der Waals surface area contributed by atoms with Crippen molar-refractivity contribution >= 4 is 11.5 Å². The zero-order valence-electron chi connectivity index (χ0n) is 9.27. The van der Waals surface area contributed by atoms with Gasteiger partial charge < -0.3 is 5.73 Å². The Kier molecular flexibility index (Phi) is 2.87. The molecule has 0 fully saturated rings. The molecule has 1 aromatic carbocycles. The zero-order valence-corrected chi connectivity index (χ0v) is 9.27. The third-order valence-corrected chi connectivity index (χ3v) is 2.40. The second kappa shape index (κ2) is 4.33. The number of aromatic nitrogens is 1. The summed E-state index contributed by atoms with van der Waals surface area (Å²) in [4.78, 5) is 15.9. The standard InChI is InChI=1S/C13H11FN2O/c1-8-4-10(7-16-6-8)13(17)9-2-3-12(15)11(14)5-9/h2-7H,15H2,1H3. The van der Waals surface area contributed by atoms with Crippen molar-refractivity contribution in [3.63, 3.8) is 0 Å². The van der Waals surface area contributed by atoms with E-state index in [0.717, 1.165) is 11.6 Å². The number of aryl methyl sites for hydroxylation is 1. The third kappa shape index (κ3) is 2.30. The second-order valence-electron chi connectivity index (χ2n) is 3.82. The summed E-state index contributed by atoms with van der Waals surface area (Å²) in [7, 11) is 0. The van der Waals surface area contributed by atoms with E-state index in [4.69, 9.17) is 5.73 Å². The average Bonchev–Trinajstić information content (AvgIpc) is 2.32. The van der Waals surface area contributed by atoms with Gasteiger partial charge in [-0.05, 0) is 36.8 Å². The Morgan fingerprint density at radius 2 is 2.00 bits per heavy atom. The minimum Gasteiger partial charge on any atom is -0.396 e. The first-order valence-electron chi connectivity index (χ1n) is 5.09. The second-order valence-corrected chi connectivity index (χ2v) is 3.82. The minimum absolute atomic E-state index is 0.0314. The van der Waals surface area contributed by atoms with Crippen LogP contribution >= 0.6 is 0 Å². The molecule has 2 N–H and O–H groups in total. The van der Waals surface area contributed by atoms with Gasteiger partial charge in [0.25, 0.3) is 0 Å². The fourth-order valence-corrected chi connectivity index (χ4v) is 1.51. The molecule has 17 heavy (non-hydrogen) atoms. The maximum Gasteiger partial charge on any atom is 0.194 e. The molecule has 2 aromatic rings. The van der Waals surface area contributed by atoms with Gasteiger partial charge in [0, 0.05) is 23.5 Å². The van der Waals surface area contributed by atoms with Crippen LogP contribution in [0.1, 0.15) is 21.5 Å². The summed E-state index contributed by atoms with van der Waals surface area (Å²) < 4.78 is 13.2. The van der Waals surface area contributed by atoms with Gasteiger partial charge in [-0.1, -0.05) is 0 Å². The monoisotopic (exact) mass is 230 g/mol. The van der Waals surface area contributed by atoms with Crippen LogP contribution in [0.25, 0.3) is 0 Å². The molecule has 0 radical (unpaired) electrons. The summed E-state index contributed by atoms with van der Waals surface area (Å²) >= 11 is 0. The third-order valence-electron chi connectivity index (χ3n) is 2.40. The average molecular weight is 230 g/mol. The number of halogens is 1. The highest BCUT2D eigenvalue weighted by molar-refractivity contribution is 6.09. The van der Waals surface area contributed by atoms with Gasteiger partial charge in [-0.3, -0.25) is 9.78 Å². The maximum absolute atomic E-state index is 13.2. The van der Waals surface area contributed by atoms with Crippen molar-refractivity contribution in [1.82, 2.24) is 4.98 Å². The highest BCUT2D eigenvalue weighted by Gasteiger charge is 2.11. The number of benzene rings is 1. The molecule has 0 aliphatic heterocycles. The first-order valence-corrected chi connectivity index (χ1v) is 5.09. The van der Waals surface area contributed by atoms with Crippen LogP contribution in [-0.2, 0) is 0 Å². The fourth-order valence-electron chi connectivity index (χ4n) is 1.51. The number of pyridine rings is 1. The first-order chi connectivity index (χ1) is 8.08. The van der Waals surface area contributed by atoms with Gasteiger partial charge in [0.15, 0.2) is 5.78 Å². The molecule has 0 aliphatic carbocycles. The van der Waals surface area contributed by atoms with Gasteiger partial charge in [-0.2, -0.15) is 0 Å². The lowest BCUT2D eigenvalue weighted by Gasteiger charge is -2.03. The summed E-state index contributed by atoms with van der Waals surface area (Å²) in [5.41, 5.74) is 6.97. The molecule has 0 atom stereocenters. The molecule has 0 unspecified atom stereocenters. The van der Waals surface area contributed by atoms with Crippen molar-refractivity contribution in [1.29, 1.82) is 0 Å². The summed E-state index contributed by atoms with van der Waals surface area (Å²) in [6, 6.07) is 5.73. The van der Waals surface area contributed by atoms with Crippen LogP contribution in [0.4, 0.5) is 10.1 Å². The van der Waals surface area contributed by atoms with Crippen molar-refractivity contribution < 1.29 is 9.18 Å². The number of nitrogens with two attached hydrogens (primary N) is 1. The Morgan fingerprint density at radius 1 is 1.24 bits per heavy atom. The van der Waals surface area contributed by atoms with E-state index >= 15 is 0 Å². The van der Waals surface area contributed by atoms with Crippen molar-refractivity contribution in [2.24, 2.45) is 0 Å². The van der Waals surface area contributed by atoms with E-state index in [9.17, 15) is 9.18 Å². The Balaban J connectivity index is 2.40. The van der Waals surface area contributed by atoms with Gasteiger partial charge in [-0.15, -0.1) is 0 Å². The van der Waals surface area contributed by atoms with Crippen LogP contribution in [0, 0.1) is 12.7 Å². The van der Waals surface area contributed by atoms with E-state index in [1.165, 1.54) is 18.3 Å². The van der Waals surface area contributed by atoms with Gasteiger partial charge >= 0.3 is 0 Å². The summed E-state index contributed by atoms with van der Waals surface area (Å²) in [5.74, 6) is -0.850. The molecule has 0 amide bonds. The van der Waals surface area contributed by atoms with Gasteiger partial charge in [-0.25, -0.2) is 4.39 Å². The van der Waals surface area contributed by atoms with Crippen molar-refractivity contribution in [2.75, 3.05) is 5.73 Å². The van der Waals surface area contributed by atoms with Crippen LogP contribution in [0.2, 0.25) is 0 Å². The molecule has 86 valence electrons. The lowest BCUT2D eigenvalue weighted by molar-refractivity contribution is 0.103. The predicted octanol–water partition coefficient (Wildman–Crippen LogP) is 2.34. The Morgan fingerprint density at radius 3 is 2.65 bits per heavy atom. The largest absolute Gasteiger partial charge is 0.396 e. The van der Waals surface area contributed by atoms with Gasteiger partial charge in [0.1, 0.15) is 5.82 Å². The molecule has 1 aromatic heterocycles. The van der Waals surface area contributed by atoms with E-state index < -0.39 is 5.82 Å². The van der Waals surface area contributed by atoms with Crippen LogP contribution < -0.4 is 5.73 Å². The lowest BCUT2D eigenvalue weighted by Crippen LogP contribution is -2.03. The number of hydrogen-bond donors (Lipinski definition) is 1. The van der Waals surface area contributed by atoms with Crippen molar-refractivity contribution in [2.45, 2.75) is 6.92 Å². The molecular formula is C13H11FN2O. The maximum atomic E-state index is 13.2. The molecule has 0 aliphatic rings. The quantitative estimate of drug-likeness (QED) is 0.636. The van der Waals surface area contributed by atoms with E-state index in [-0.39, 0.29) is 17.0 Å². The molecule has 0 bridgehead atoms. The smallest absolute Gasteiger partial charge is 0.194 e.